The van der Waals surface area contributed by atoms with E-state index in [4.69, 9.17) is 5.73 Å². The van der Waals surface area contributed by atoms with Crippen molar-refractivity contribution in [3.8, 4) is 0 Å². The Labute approximate surface area is 87.3 Å². The van der Waals surface area contributed by atoms with Crippen LogP contribution < -0.4 is 5.73 Å². The first-order valence-corrected chi connectivity index (χ1v) is 5.60. The maximum absolute atomic E-state index is 5.71. The van der Waals surface area contributed by atoms with Crippen molar-refractivity contribution in [2.24, 2.45) is 5.73 Å². The molecule has 0 heterocycles. The number of benzene rings is 1. The highest BCUT2D eigenvalue weighted by Gasteiger charge is 2.05. The Morgan fingerprint density at radius 1 is 1.14 bits per heavy atom. The number of rotatable bonds is 5. The zero-order valence-electron chi connectivity index (χ0n) is 9.29. The second-order valence-electron chi connectivity index (χ2n) is 3.83. The van der Waals surface area contributed by atoms with Gasteiger partial charge >= 0.3 is 0 Å². The minimum Gasteiger partial charge on any atom is -0.330 e. The molecule has 1 aromatic carbocycles. The van der Waals surface area contributed by atoms with Crippen molar-refractivity contribution in [2.75, 3.05) is 6.54 Å². The van der Waals surface area contributed by atoms with Crippen molar-refractivity contribution in [1.82, 2.24) is 0 Å². The van der Waals surface area contributed by atoms with Crippen LogP contribution >= 0.6 is 0 Å². The van der Waals surface area contributed by atoms with E-state index in [2.05, 4.69) is 38.1 Å². The van der Waals surface area contributed by atoms with E-state index in [0.717, 1.165) is 13.0 Å². The Balaban J connectivity index is 2.71. The first-order valence-electron chi connectivity index (χ1n) is 5.60. The van der Waals surface area contributed by atoms with E-state index in [0.29, 0.717) is 5.92 Å². The molecule has 0 amide bonds. The Morgan fingerprint density at radius 2 is 1.79 bits per heavy atom. The fourth-order valence-corrected chi connectivity index (χ4v) is 1.78. The van der Waals surface area contributed by atoms with Gasteiger partial charge in [-0.15, -0.1) is 0 Å². The van der Waals surface area contributed by atoms with Crippen LogP contribution in [0.3, 0.4) is 0 Å². The number of nitrogens with two attached hydrogens (primary N) is 1. The zero-order valence-corrected chi connectivity index (χ0v) is 9.29. The molecule has 0 aliphatic heterocycles. The van der Waals surface area contributed by atoms with E-state index in [-0.39, 0.29) is 0 Å². The molecule has 0 saturated heterocycles. The van der Waals surface area contributed by atoms with Crippen LogP contribution in [-0.4, -0.2) is 6.54 Å². The molecule has 1 atom stereocenters. The molecule has 1 rings (SSSR count). The molecule has 0 saturated carbocycles. The van der Waals surface area contributed by atoms with Crippen LogP contribution in [0.1, 0.15) is 43.7 Å². The first kappa shape index (κ1) is 11.3. The molecular weight excluding hydrogens is 170 g/mol. The van der Waals surface area contributed by atoms with Crippen molar-refractivity contribution in [3.05, 3.63) is 35.4 Å². The second-order valence-corrected chi connectivity index (χ2v) is 3.83. The van der Waals surface area contributed by atoms with Crippen molar-refractivity contribution in [2.45, 2.75) is 39.0 Å². The monoisotopic (exact) mass is 191 g/mol. The molecule has 0 aliphatic rings. The van der Waals surface area contributed by atoms with E-state index in [1.165, 1.54) is 24.0 Å². The van der Waals surface area contributed by atoms with Gasteiger partial charge in [0.1, 0.15) is 0 Å². The van der Waals surface area contributed by atoms with Gasteiger partial charge in [0, 0.05) is 0 Å². The fraction of sp³-hybridized carbons (Fsp3) is 0.538. The SMILES string of the molecule is CCCc1ccc(C(CC)CN)cc1. The van der Waals surface area contributed by atoms with E-state index in [1.54, 1.807) is 0 Å². The van der Waals surface area contributed by atoms with Gasteiger partial charge in [-0.2, -0.15) is 0 Å². The summed E-state index contributed by atoms with van der Waals surface area (Å²) in [5, 5.41) is 0. The number of hydrogen-bond donors (Lipinski definition) is 1. The summed E-state index contributed by atoms with van der Waals surface area (Å²) in [7, 11) is 0. The molecule has 0 bridgehead atoms. The van der Waals surface area contributed by atoms with Gasteiger partial charge in [-0.05, 0) is 36.4 Å². The lowest BCUT2D eigenvalue weighted by molar-refractivity contribution is 0.674. The van der Waals surface area contributed by atoms with Gasteiger partial charge in [0.05, 0.1) is 0 Å². The predicted octanol–water partition coefficient (Wildman–Crippen LogP) is 3.09. The van der Waals surface area contributed by atoms with Gasteiger partial charge in [0.25, 0.3) is 0 Å². The zero-order chi connectivity index (χ0) is 10.4. The van der Waals surface area contributed by atoms with E-state index in [1.807, 2.05) is 0 Å². The normalized spacial score (nSPS) is 12.8. The average molecular weight is 191 g/mol. The third kappa shape index (κ3) is 2.85. The minimum absolute atomic E-state index is 0.533. The second kappa shape index (κ2) is 5.82. The van der Waals surface area contributed by atoms with Crippen LogP contribution in [0.2, 0.25) is 0 Å². The summed E-state index contributed by atoms with van der Waals surface area (Å²) in [6.07, 6.45) is 3.52. The lowest BCUT2D eigenvalue weighted by Gasteiger charge is -2.12. The summed E-state index contributed by atoms with van der Waals surface area (Å²) in [6.45, 7) is 5.16. The van der Waals surface area contributed by atoms with Crippen molar-refractivity contribution < 1.29 is 0 Å². The van der Waals surface area contributed by atoms with Crippen LogP contribution in [0.15, 0.2) is 24.3 Å². The molecule has 0 fully saturated rings. The largest absolute Gasteiger partial charge is 0.330 e. The quantitative estimate of drug-likeness (QED) is 0.760. The summed E-state index contributed by atoms with van der Waals surface area (Å²) in [6, 6.07) is 8.92. The third-order valence-corrected chi connectivity index (χ3v) is 2.77. The number of aryl methyl sites for hydroxylation is 1. The lowest BCUT2D eigenvalue weighted by Crippen LogP contribution is -2.11. The Hall–Kier alpha value is -0.820. The van der Waals surface area contributed by atoms with Crippen LogP contribution in [0.25, 0.3) is 0 Å². The predicted molar refractivity (Wildman–Crippen MR) is 62.5 cm³/mol. The van der Waals surface area contributed by atoms with Crippen LogP contribution in [-0.2, 0) is 6.42 Å². The maximum atomic E-state index is 5.71. The standard InChI is InChI=1S/C13H21N/c1-3-5-11-6-8-13(9-7-11)12(4-2)10-14/h6-9,12H,3-5,10,14H2,1-2H3. The molecular formula is C13H21N. The van der Waals surface area contributed by atoms with Crippen LogP contribution in [0.4, 0.5) is 0 Å². The van der Waals surface area contributed by atoms with Crippen molar-refractivity contribution in [3.63, 3.8) is 0 Å². The van der Waals surface area contributed by atoms with Gasteiger partial charge in [-0.25, -0.2) is 0 Å². The molecule has 1 aromatic rings. The summed E-state index contributed by atoms with van der Waals surface area (Å²) in [5.41, 5.74) is 8.53. The summed E-state index contributed by atoms with van der Waals surface area (Å²) < 4.78 is 0. The van der Waals surface area contributed by atoms with E-state index < -0.39 is 0 Å². The maximum Gasteiger partial charge on any atom is -0.000834 e. The highest BCUT2D eigenvalue weighted by molar-refractivity contribution is 5.25. The molecule has 0 aliphatic carbocycles. The molecule has 14 heavy (non-hydrogen) atoms. The third-order valence-electron chi connectivity index (χ3n) is 2.77. The minimum atomic E-state index is 0.533. The molecule has 1 nitrogen and oxygen atoms in total. The van der Waals surface area contributed by atoms with Crippen LogP contribution in [0, 0.1) is 0 Å². The Kier molecular flexibility index (Phi) is 4.68. The van der Waals surface area contributed by atoms with Gasteiger partial charge in [-0.3, -0.25) is 0 Å². The lowest BCUT2D eigenvalue weighted by atomic mass is 9.95. The van der Waals surface area contributed by atoms with Gasteiger partial charge < -0.3 is 5.73 Å². The van der Waals surface area contributed by atoms with Crippen molar-refractivity contribution >= 4 is 0 Å². The molecule has 1 heteroatoms. The first-order chi connectivity index (χ1) is 6.81. The van der Waals surface area contributed by atoms with Gasteiger partial charge in [0.2, 0.25) is 0 Å². The molecule has 78 valence electrons. The highest BCUT2D eigenvalue weighted by atomic mass is 14.5. The fourth-order valence-electron chi connectivity index (χ4n) is 1.78. The molecule has 0 aromatic heterocycles. The molecule has 0 radical (unpaired) electrons. The van der Waals surface area contributed by atoms with E-state index >= 15 is 0 Å². The number of hydrogen-bond acceptors (Lipinski definition) is 1. The molecule has 2 N–H and O–H groups in total. The average Bonchev–Trinajstić information content (AvgIpc) is 2.23. The van der Waals surface area contributed by atoms with Gasteiger partial charge in [-0.1, -0.05) is 44.5 Å². The Bertz CT molecular complexity index is 246. The summed E-state index contributed by atoms with van der Waals surface area (Å²) >= 11 is 0. The van der Waals surface area contributed by atoms with Crippen LogP contribution in [0.5, 0.6) is 0 Å². The van der Waals surface area contributed by atoms with Gasteiger partial charge in [0.15, 0.2) is 0 Å². The summed E-state index contributed by atoms with van der Waals surface area (Å²) in [5.74, 6) is 0.533. The van der Waals surface area contributed by atoms with E-state index in [9.17, 15) is 0 Å². The summed E-state index contributed by atoms with van der Waals surface area (Å²) in [4.78, 5) is 0. The highest BCUT2D eigenvalue weighted by Crippen LogP contribution is 2.18. The molecule has 1 unspecified atom stereocenters. The smallest absolute Gasteiger partial charge is 0.000834 e. The topological polar surface area (TPSA) is 26.0 Å². The Morgan fingerprint density at radius 3 is 2.21 bits per heavy atom. The molecule has 0 spiro atoms. The van der Waals surface area contributed by atoms with Crippen molar-refractivity contribution in [1.29, 1.82) is 0 Å².